The Balaban J connectivity index is 2.33. The molecule has 0 aliphatic heterocycles. The van der Waals surface area contributed by atoms with Gasteiger partial charge in [-0.15, -0.1) is 5.10 Å². The highest BCUT2D eigenvalue weighted by Gasteiger charge is 2.18. The van der Waals surface area contributed by atoms with Crippen molar-refractivity contribution in [2.75, 3.05) is 6.26 Å². The van der Waals surface area contributed by atoms with Crippen LogP contribution < -0.4 is 0 Å². The lowest BCUT2D eigenvalue weighted by Crippen LogP contribution is -2.17. The van der Waals surface area contributed by atoms with E-state index in [9.17, 15) is 4.79 Å². The lowest BCUT2D eigenvalue weighted by atomic mass is 10.2. The Morgan fingerprint density at radius 3 is 2.67 bits per heavy atom. The minimum atomic E-state index is -0.572. The van der Waals surface area contributed by atoms with Gasteiger partial charge in [-0.1, -0.05) is 42.1 Å². The highest BCUT2D eigenvalue weighted by Crippen LogP contribution is 2.20. The topological polar surface area (TPSA) is 57.0 Å². The average molecular weight is 263 g/mol. The Kier molecular flexibility index (Phi) is 3.99. The number of rotatable bonds is 4. The molecule has 1 aromatic carbocycles. The Morgan fingerprint density at radius 1 is 1.39 bits per heavy atom. The van der Waals surface area contributed by atoms with Crippen LogP contribution in [0.5, 0.6) is 0 Å². The number of esters is 1. The van der Waals surface area contributed by atoms with Crippen LogP contribution in [0.25, 0.3) is 0 Å². The van der Waals surface area contributed by atoms with E-state index in [4.69, 9.17) is 4.74 Å². The Labute approximate surface area is 109 Å². The molecule has 0 fully saturated rings. The number of carbonyl (C=O) groups excluding carboxylic acids is 1. The molecule has 2 rings (SSSR count). The van der Waals surface area contributed by atoms with Crippen LogP contribution in [0.3, 0.4) is 0 Å². The summed E-state index contributed by atoms with van der Waals surface area (Å²) in [6.07, 6.45) is 2.88. The molecule has 5 nitrogen and oxygen atoms in total. The number of ether oxygens (including phenoxy) is 1. The normalized spacial score (nSPS) is 12.1. The van der Waals surface area contributed by atoms with Crippen molar-refractivity contribution in [2.24, 2.45) is 0 Å². The van der Waals surface area contributed by atoms with Gasteiger partial charge in [0.05, 0.1) is 0 Å². The quantitative estimate of drug-likeness (QED) is 0.624. The summed E-state index contributed by atoms with van der Waals surface area (Å²) in [5, 5.41) is 4.89. The van der Waals surface area contributed by atoms with Crippen molar-refractivity contribution >= 4 is 17.7 Å². The van der Waals surface area contributed by atoms with Crippen LogP contribution in [0, 0.1) is 0 Å². The third kappa shape index (κ3) is 2.89. The summed E-state index contributed by atoms with van der Waals surface area (Å²) in [5.41, 5.74) is 0.852. The predicted molar refractivity (Wildman–Crippen MR) is 68.2 cm³/mol. The van der Waals surface area contributed by atoms with Crippen molar-refractivity contribution in [3.63, 3.8) is 0 Å². The fourth-order valence-corrected chi connectivity index (χ4v) is 1.84. The van der Waals surface area contributed by atoms with E-state index in [0.717, 1.165) is 5.56 Å². The van der Waals surface area contributed by atoms with Crippen molar-refractivity contribution in [3.05, 3.63) is 42.2 Å². The van der Waals surface area contributed by atoms with E-state index >= 15 is 0 Å². The molecule has 1 heterocycles. The zero-order valence-electron chi connectivity index (χ0n) is 10.1. The molecule has 0 amide bonds. The van der Waals surface area contributed by atoms with Crippen LogP contribution in [0.2, 0.25) is 0 Å². The SMILES string of the molecule is CSc1ncn(C(OC(C)=O)c2ccccc2)n1. The molecule has 1 atom stereocenters. The maximum absolute atomic E-state index is 11.2. The number of carbonyl (C=O) groups is 1. The summed E-state index contributed by atoms with van der Waals surface area (Å²) in [6.45, 7) is 1.38. The number of aromatic nitrogens is 3. The third-order valence-corrected chi connectivity index (χ3v) is 2.82. The summed E-state index contributed by atoms with van der Waals surface area (Å²) < 4.78 is 6.84. The number of benzene rings is 1. The van der Waals surface area contributed by atoms with Crippen molar-refractivity contribution in [1.29, 1.82) is 0 Å². The van der Waals surface area contributed by atoms with Crippen molar-refractivity contribution in [3.8, 4) is 0 Å². The van der Waals surface area contributed by atoms with E-state index in [1.807, 2.05) is 36.6 Å². The Hall–Kier alpha value is -1.82. The second kappa shape index (κ2) is 5.68. The lowest BCUT2D eigenvalue weighted by molar-refractivity contribution is -0.148. The van der Waals surface area contributed by atoms with Crippen LogP contribution in [-0.4, -0.2) is 27.0 Å². The Bertz CT molecular complexity index is 527. The number of hydrogen-bond acceptors (Lipinski definition) is 5. The van der Waals surface area contributed by atoms with Gasteiger partial charge in [-0.05, 0) is 6.26 Å². The van der Waals surface area contributed by atoms with E-state index in [1.165, 1.54) is 18.7 Å². The number of nitrogens with zero attached hydrogens (tertiary/aromatic N) is 3. The summed E-state index contributed by atoms with van der Waals surface area (Å²) in [5.74, 6) is -0.356. The zero-order chi connectivity index (χ0) is 13.0. The molecule has 1 unspecified atom stereocenters. The minimum absolute atomic E-state index is 0.356. The molecule has 0 spiro atoms. The first-order valence-electron chi connectivity index (χ1n) is 5.38. The number of hydrogen-bond donors (Lipinski definition) is 0. The van der Waals surface area contributed by atoms with Gasteiger partial charge in [0.15, 0.2) is 0 Å². The molecular weight excluding hydrogens is 250 g/mol. The molecule has 18 heavy (non-hydrogen) atoms. The molecule has 0 aliphatic rings. The van der Waals surface area contributed by atoms with Gasteiger partial charge in [0, 0.05) is 12.5 Å². The smallest absolute Gasteiger partial charge is 0.304 e. The fourth-order valence-electron chi connectivity index (χ4n) is 1.52. The predicted octanol–water partition coefficient (Wildman–Crippen LogP) is 2.11. The van der Waals surface area contributed by atoms with Crippen LogP contribution in [0.4, 0.5) is 0 Å². The van der Waals surface area contributed by atoms with Crippen LogP contribution in [0.15, 0.2) is 41.8 Å². The van der Waals surface area contributed by atoms with E-state index in [1.54, 1.807) is 11.0 Å². The molecule has 0 bridgehead atoms. The zero-order valence-corrected chi connectivity index (χ0v) is 10.9. The van der Waals surface area contributed by atoms with Crippen LogP contribution >= 0.6 is 11.8 Å². The first-order valence-corrected chi connectivity index (χ1v) is 6.60. The second-order valence-electron chi connectivity index (χ2n) is 3.58. The van der Waals surface area contributed by atoms with Gasteiger partial charge < -0.3 is 4.74 Å². The monoisotopic (exact) mass is 263 g/mol. The maximum atomic E-state index is 11.2. The summed E-state index contributed by atoms with van der Waals surface area (Å²) in [7, 11) is 0. The molecule has 0 aliphatic carbocycles. The molecule has 0 saturated heterocycles. The van der Waals surface area contributed by atoms with E-state index < -0.39 is 6.23 Å². The minimum Gasteiger partial charge on any atom is -0.435 e. The molecule has 0 N–H and O–H groups in total. The maximum Gasteiger partial charge on any atom is 0.304 e. The molecular formula is C12H13N3O2S. The van der Waals surface area contributed by atoms with E-state index in [-0.39, 0.29) is 5.97 Å². The molecule has 0 saturated carbocycles. The fraction of sp³-hybridized carbons (Fsp3) is 0.250. The van der Waals surface area contributed by atoms with Crippen LogP contribution in [0.1, 0.15) is 18.7 Å². The molecule has 6 heteroatoms. The van der Waals surface area contributed by atoms with Gasteiger partial charge in [0.25, 0.3) is 0 Å². The first kappa shape index (κ1) is 12.6. The molecule has 94 valence electrons. The summed E-state index contributed by atoms with van der Waals surface area (Å²) >= 11 is 1.44. The van der Waals surface area contributed by atoms with Crippen molar-refractivity contribution < 1.29 is 9.53 Å². The Morgan fingerprint density at radius 2 is 2.11 bits per heavy atom. The standard InChI is InChI=1S/C12H13N3O2S/c1-9(16)17-11(10-6-4-3-5-7-10)15-8-13-12(14-15)18-2/h3-8,11H,1-2H3. The largest absolute Gasteiger partial charge is 0.435 e. The first-order chi connectivity index (χ1) is 8.70. The second-order valence-corrected chi connectivity index (χ2v) is 4.36. The molecule has 2 aromatic rings. The van der Waals surface area contributed by atoms with Gasteiger partial charge in [0.1, 0.15) is 6.33 Å². The van der Waals surface area contributed by atoms with Gasteiger partial charge in [-0.3, -0.25) is 4.79 Å². The van der Waals surface area contributed by atoms with E-state index in [2.05, 4.69) is 10.1 Å². The van der Waals surface area contributed by atoms with Crippen molar-refractivity contribution in [1.82, 2.24) is 14.8 Å². The van der Waals surface area contributed by atoms with Gasteiger partial charge >= 0.3 is 5.97 Å². The highest BCUT2D eigenvalue weighted by molar-refractivity contribution is 7.98. The lowest BCUT2D eigenvalue weighted by Gasteiger charge is -2.16. The molecule has 0 radical (unpaired) electrons. The molecule has 1 aromatic heterocycles. The van der Waals surface area contributed by atoms with Gasteiger partial charge in [0.2, 0.25) is 11.4 Å². The summed E-state index contributed by atoms with van der Waals surface area (Å²) in [4.78, 5) is 15.3. The van der Waals surface area contributed by atoms with E-state index in [0.29, 0.717) is 5.16 Å². The van der Waals surface area contributed by atoms with Crippen LogP contribution in [-0.2, 0) is 9.53 Å². The van der Waals surface area contributed by atoms with Gasteiger partial charge in [-0.2, -0.15) is 0 Å². The van der Waals surface area contributed by atoms with Crippen molar-refractivity contribution in [2.45, 2.75) is 18.3 Å². The summed E-state index contributed by atoms with van der Waals surface area (Å²) in [6, 6.07) is 9.45. The average Bonchev–Trinajstić information content (AvgIpc) is 2.85. The van der Waals surface area contributed by atoms with Gasteiger partial charge in [-0.25, -0.2) is 9.67 Å². The highest BCUT2D eigenvalue weighted by atomic mass is 32.2. The number of thioether (sulfide) groups is 1. The third-order valence-electron chi connectivity index (χ3n) is 2.27.